The van der Waals surface area contributed by atoms with E-state index in [0.717, 1.165) is 76.0 Å². The Kier molecular flexibility index (Phi) is 6.23. The molecule has 31 heavy (non-hydrogen) atoms. The third-order valence-electron chi connectivity index (χ3n) is 7.53. The van der Waals surface area contributed by atoms with E-state index in [1.165, 1.54) is 36.9 Å². The van der Waals surface area contributed by atoms with E-state index in [0.29, 0.717) is 18.2 Å². The van der Waals surface area contributed by atoms with E-state index in [2.05, 4.69) is 27.8 Å². The molecule has 2 aromatic rings. The fourth-order valence-electron chi connectivity index (χ4n) is 5.60. The molecule has 4 heterocycles. The van der Waals surface area contributed by atoms with Crippen LogP contribution >= 0.6 is 0 Å². The number of carbonyl (C=O) groups excluding carboxylic acids is 1. The fraction of sp³-hybridized carbons (Fsp3) is 0.708. The maximum atomic E-state index is 12.8. The van der Waals surface area contributed by atoms with Crippen molar-refractivity contribution in [3.05, 3.63) is 29.2 Å². The van der Waals surface area contributed by atoms with E-state index in [1.54, 1.807) is 0 Å². The van der Waals surface area contributed by atoms with Gasteiger partial charge in [-0.15, -0.1) is 0 Å². The Balaban J connectivity index is 1.28. The number of rotatable bonds is 6. The lowest BCUT2D eigenvalue weighted by Crippen LogP contribution is -2.35. The van der Waals surface area contributed by atoms with Crippen LogP contribution in [0, 0.1) is 12.8 Å². The van der Waals surface area contributed by atoms with Gasteiger partial charge in [0.2, 0.25) is 5.91 Å². The first-order valence-corrected chi connectivity index (χ1v) is 12.1. The molecular weight excluding hydrogens is 390 g/mol. The number of nitrogens with zero attached hydrogens (tertiary/aromatic N) is 5. The number of aryl methyl sites for hydroxylation is 1. The van der Waals surface area contributed by atoms with Crippen LogP contribution in [-0.2, 0) is 16.1 Å². The molecule has 2 aliphatic heterocycles. The smallest absolute Gasteiger partial charge is 0.222 e. The van der Waals surface area contributed by atoms with Crippen molar-refractivity contribution in [2.45, 2.75) is 64.3 Å². The summed E-state index contributed by atoms with van der Waals surface area (Å²) in [5.74, 6) is 1.44. The van der Waals surface area contributed by atoms with Gasteiger partial charge in [0.05, 0.1) is 24.6 Å². The Labute approximate surface area is 184 Å². The van der Waals surface area contributed by atoms with Gasteiger partial charge >= 0.3 is 0 Å². The predicted molar refractivity (Wildman–Crippen MR) is 119 cm³/mol. The summed E-state index contributed by atoms with van der Waals surface area (Å²) in [6, 6.07) is 2.09. The number of aromatic nitrogens is 3. The molecule has 7 heteroatoms. The quantitative estimate of drug-likeness (QED) is 0.711. The zero-order valence-electron chi connectivity index (χ0n) is 18.8. The molecule has 1 atom stereocenters. The van der Waals surface area contributed by atoms with Gasteiger partial charge in [-0.05, 0) is 31.7 Å². The first-order chi connectivity index (χ1) is 15.2. The maximum absolute atomic E-state index is 12.8. The number of likely N-dealkylation sites (tertiary alicyclic amines) is 1. The van der Waals surface area contributed by atoms with Gasteiger partial charge in [0.1, 0.15) is 0 Å². The van der Waals surface area contributed by atoms with Gasteiger partial charge in [-0.2, -0.15) is 5.10 Å². The number of carbonyl (C=O) groups is 1. The molecule has 3 aliphatic rings. The van der Waals surface area contributed by atoms with Crippen LogP contribution in [0.5, 0.6) is 0 Å². The Bertz CT molecular complexity index is 914. The normalized spacial score (nSPS) is 23.3. The standard InChI is InChI=1S/C24H35N5O2/c1-18-21(17-27-12-14-31-15-13-27)24-25-10-8-22(29(24)26-18)20-9-11-28(16-20)23(30)7-6-19-4-2-3-5-19/h8,10,19-20H,2-7,9,11-17H2,1H3/t20-/m0/s1. The monoisotopic (exact) mass is 425 g/mol. The largest absolute Gasteiger partial charge is 0.379 e. The van der Waals surface area contributed by atoms with Gasteiger partial charge < -0.3 is 9.64 Å². The Hall–Kier alpha value is -1.99. The molecule has 5 rings (SSSR count). The zero-order chi connectivity index (χ0) is 21.2. The number of ether oxygens (including phenoxy) is 1. The topological polar surface area (TPSA) is 63.0 Å². The van der Waals surface area contributed by atoms with E-state index >= 15 is 0 Å². The molecule has 1 amide bonds. The molecule has 0 bridgehead atoms. The third kappa shape index (κ3) is 4.48. The highest BCUT2D eigenvalue weighted by Crippen LogP contribution is 2.31. The first-order valence-electron chi connectivity index (χ1n) is 12.1. The van der Waals surface area contributed by atoms with Crippen molar-refractivity contribution < 1.29 is 9.53 Å². The van der Waals surface area contributed by atoms with Crippen LogP contribution in [0.4, 0.5) is 0 Å². The average molecular weight is 426 g/mol. The van der Waals surface area contributed by atoms with Crippen molar-refractivity contribution >= 4 is 11.6 Å². The van der Waals surface area contributed by atoms with Crippen molar-refractivity contribution in [1.82, 2.24) is 24.4 Å². The Morgan fingerprint density at radius 2 is 1.97 bits per heavy atom. The van der Waals surface area contributed by atoms with Crippen LogP contribution in [0.2, 0.25) is 0 Å². The van der Waals surface area contributed by atoms with Crippen molar-refractivity contribution in [1.29, 1.82) is 0 Å². The second-order valence-electron chi connectivity index (χ2n) is 9.57. The van der Waals surface area contributed by atoms with E-state index in [9.17, 15) is 4.79 Å². The molecule has 168 valence electrons. The summed E-state index contributed by atoms with van der Waals surface area (Å²) in [6.07, 6.45) is 10.0. The van der Waals surface area contributed by atoms with Crippen LogP contribution in [0.25, 0.3) is 5.65 Å². The van der Waals surface area contributed by atoms with Crippen LogP contribution in [0.15, 0.2) is 12.3 Å². The van der Waals surface area contributed by atoms with Crippen LogP contribution in [-0.4, -0.2) is 69.7 Å². The van der Waals surface area contributed by atoms with Crippen LogP contribution in [0.3, 0.4) is 0 Å². The van der Waals surface area contributed by atoms with Gasteiger partial charge in [0.15, 0.2) is 5.65 Å². The summed E-state index contributed by atoms with van der Waals surface area (Å²) in [5.41, 5.74) is 4.42. The molecule has 0 radical (unpaired) electrons. The van der Waals surface area contributed by atoms with Crippen molar-refractivity contribution in [2.75, 3.05) is 39.4 Å². The van der Waals surface area contributed by atoms with Gasteiger partial charge in [0, 0.05) is 56.8 Å². The maximum Gasteiger partial charge on any atom is 0.222 e. The van der Waals surface area contributed by atoms with Crippen molar-refractivity contribution in [3.8, 4) is 0 Å². The second-order valence-corrected chi connectivity index (χ2v) is 9.57. The van der Waals surface area contributed by atoms with E-state index in [1.807, 2.05) is 10.7 Å². The summed E-state index contributed by atoms with van der Waals surface area (Å²) >= 11 is 0. The lowest BCUT2D eigenvalue weighted by Gasteiger charge is -2.26. The molecule has 1 saturated carbocycles. The minimum absolute atomic E-state index is 0.330. The summed E-state index contributed by atoms with van der Waals surface area (Å²) in [7, 11) is 0. The molecule has 2 saturated heterocycles. The van der Waals surface area contributed by atoms with Gasteiger partial charge in [-0.1, -0.05) is 25.7 Å². The number of hydrogen-bond acceptors (Lipinski definition) is 5. The highest BCUT2D eigenvalue weighted by atomic mass is 16.5. The second kappa shape index (κ2) is 9.25. The minimum Gasteiger partial charge on any atom is -0.379 e. The number of morpholine rings is 1. The lowest BCUT2D eigenvalue weighted by molar-refractivity contribution is -0.130. The first kappa shape index (κ1) is 20.9. The number of hydrogen-bond donors (Lipinski definition) is 0. The fourth-order valence-corrected chi connectivity index (χ4v) is 5.60. The van der Waals surface area contributed by atoms with Crippen molar-refractivity contribution in [3.63, 3.8) is 0 Å². The molecular formula is C24H35N5O2. The summed E-state index contributed by atoms with van der Waals surface area (Å²) in [4.78, 5) is 22.0. The van der Waals surface area contributed by atoms with Gasteiger partial charge in [-0.25, -0.2) is 9.50 Å². The molecule has 0 N–H and O–H groups in total. The van der Waals surface area contributed by atoms with E-state index < -0.39 is 0 Å². The minimum atomic E-state index is 0.330. The molecule has 2 aromatic heterocycles. The van der Waals surface area contributed by atoms with E-state index in [-0.39, 0.29) is 0 Å². The summed E-state index contributed by atoms with van der Waals surface area (Å²) < 4.78 is 7.53. The molecule has 0 unspecified atom stereocenters. The summed E-state index contributed by atoms with van der Waals surface area (Å²) in [6.45, 7) is 8.12. The number of amides is 1. The molecule has 0 aromatic carbocycles. The van der Waals surface area contributed by atoms with Crippen LogP contribution in [0.1, 0.15) is 67.8 Å². The summed E-state index contributed by atoms with van der Waals surface area (Å²) in [5, 5.41) is 4.87. The third-order valence-corrected chi connectivity index (χ3v) is 7.53. The number of fused-ring (bicyclic) bond motifs is 1. The van der Waals surface area contributed by atoms with Gasteiger partial charge in [0.25, 0.3) is 0 Å². The average Bonchev–Trinajstić information content (AvgIpc) is 3.54. The highest BCUT2D eigenvalue weighted by molar-refractivity contribution is 5.76. The molecule has 7 nitrogen and oxygen atoms in total. The van der Waals surface area contributed by atoms with E-state index in [4.69, 9.17) is 9.84 Å². The molecule has 1 aliphatic carbocycles. The van der Waals surface area contributed by atoms with Crippen LogP contribution < -0.4 is 0 Å². The van der Waals surface area contributed by atoms with Crippen molar-refractivity contribution in [2.24, 2.45) is 5.92 Å². The molecule has 3 fully saturated rings. The predicted octanol–water partition coefficient (Wildman–Crippen LogP) is 3.16. The SMILES string of the molecule is Cc1nn2c([C@H]3CCN(C(=O)CCC4CCCC4)C3)ccnc2c1CN1CCOCC1. The lowest BCUT2D eigenvalue weighted by atomic mass is 10.0. The Morgan fingerprint density at radius 3 is 2.77 bits per heavy atom. The highest BCUT2D eigenvalue weighted by Gasteiger charge is 2.30. The Morgan fingerprint density at radius 1 is 1.16 bits per heavy atom. The zero-order valence-corrected chi connectivity index (χ0v) is 18.8. The van der Waals surface area contributed by atoms with Gasteiger partial charge in [-0.3, -0.25) is 9.69 Å². The molecule has 0 spiro atoms.